The number of amides is 1. The molecule has 32 heavy (non-hydrogen) atoms. The van der Waals surface area contributed by atoms with E-state index in [2.05, 4.69) is 4.74 Å². The number of hydrogen-bond donors (Lipinski definition) is 1. The van der Waals surface area contributed by atoms with Gasteiger partial charge in [0, 0.05) is 12.2 Å². The molecule has 0 saturated carbocycles. The first-order chi connectivity index (χ1) is 15.2. The summed E-state index contributed by atoms with van der Waals surface area (Å²) in [5, 5.41) is 0. The zero-order valence-electron chi connectivity index (χ0n) is 17.9. The van der Waals surface area contributed by atoms with Crippen molar-refractivity contribution in [1.82, 2.24) is 0 Å². The monoisotopic (exact) mass is 442 g/mol. The summed E-state index contributed by atoms with van der Waals surface area (Å²) in [7, 11) is 0. The van der Waals surface area contributed by atoms with E-state index in [1.807, 2.05) is 38.1 Å². The molecule has 1 unspecified atom stereocenters. The van der Waals surface area contributed by atoms with Crippen LogP contribution in [0.25, 0.3) is 0 Å². The Balaban J connectivity index is 1.90. The number of alkyl halides is 3. The number of halogens is 3. The lowest BCUT2D eigenvalue weighted by Crippen LogP contribution is -2.40. The van der Waals surface area contributed by atoms with Crippen molar-refractivity contribution in [2.24, 2.45) is 5.73 Å². The van der Waals surface area contributed by atoms with E-state index in [4.69, 9.17) is 5.73 Å². The van der Waals surface area contributed by atoms with Crippen molar-refractivity contribution in [3.8, 4) is 5.75 Å². The van der Waals surface area contributed by atoms with Crippen LogP contribution in [-0.4, -0.2) is 18.8 Å². The quantitative estimate of drug-likeness (QED) is 0.527. The molecule has 0 bridgehead atoms. The third-order valence-electron chi connectivity index (χ3n) is 5.30. The van der Waals surface area contributed by atoms with Crippen LogP contribution in [-0.2, 0) is 11.2 Å². The van der Waals surface area contributed by atoms with Crippen LogP contribution in [0.3, 0.4) is 0 Å². The van der Waals surface area contributed by atoms with E-state index in [1.165, 1.54) is 17.0 Å². The Labute approximate surface area is 185 Å². The Morgan fingerprint density at radius 1 is 0.969 bits per heavy atom. The predicted octanol–water partition coefficient (Wildman–Crippen LogP) is 5.48. The zero-order chi connectivity index (χ0) is 23.3. The molecule has 0 aliphatic rings. The lowest BCUT2D eigenvalue weighted by atomic mass is 10.0. The highest BCUT2D eigenvalue weighted by molar-refractivity contribution is 5.97. The van der Waals surface area contributed by atoms with Gasteiger partial charge in [0.25, 0.3) is 0 Å². The molecule has 0 fully saturated rings. The number of anilines is 1. The second-order valence-corrected chi connectivity index (χ2v) is 7.55. The Morgan fingerprint density at radius 3 is 2.28 bits per heavy atom. The molecule has 0 saturated heterocycles. The van der Waals surface area contributed by atoms with E-state index in [9.17, 15) is 18.0 Å². The Bertz CT molecular complexity index is 1070. The summed E-state index contributed by atoms with van der Waals surface area (Å²) in [6.45, 7) is 4.04. The summed E-state index contributed by atoms with van der Waals surface area (Å²) < 4.78 is 42.5. The zero-order valence-corrected chi connectivity index (χ0v) is 17.9. The molecule has 3 aromatic carbocycles. The SMILES string of the molecule is Cc1ccc(N(CCc2ccccc2OC(F)(F)F)C(=O)C(N)c2ccccc2)cc1C. The molecule has 1 atom stereocenters. The maximum atomic E-state index is 13.4. The minimum absolute atomic E-state index is 0.139. The van der Waals surface area contributed by atoms with Crippen molar-refractivity contribution in [3.05, 3.63) is 95.1 Å². The first kappa shape index (κ1) is 23.3. The molecule has 0 aromatic heterocycles. The van der Waals surface area contributed by atoms with E-state index in [0.29, 0.717) is 16.8 Å². The lowest BCUT2D eigenvalue weighted by Gasteiger charge is -2.27. The molecule has 1 amide bonds. The van der Waals surface area contributed by atoms with Gasteiger partial charge in [-0.25, -0.2) is 0 Å². The van der Waals surface area contributed by atoms with Gasteiger partial charge >= 0.3 is 6.36 Å². The van der Waals surface area contributed by atoms with Crippen LogP contribution in [0, 0.1) is 13.8 Å². The van der Waals surface area contributed by atoms with Crippen molar-refractivity contribution in [2.45, 2.75) is 32.7 Å². The normalized spacial score (nSPS) is 12.3. The highest BCUT2D eigenvalue weighted by atomic mass is 19.4. The average Bonchev–Trinajstić information content (AvgIpc) is 2.76. The number of nitrogens with two attached hydrogens (primary N) is 1. The number of ether oxygens (including phenoxy) is 1. The molecule has 7 heteroatoms. The van der Waals surface area contributed by atoms with Gasteiger partial charge in [-0.15, -0.1) is 13.2 Å². The maximum absolute atomic E-state index is 13.4. The summed E-state index contributed by atoms with van der Waals surface area (Å²) in [4.78, 5) is 14.9. The van der Waals surface area contributed by atoms with Gasteiger partial charge in [-0.2, -0.15) is 0 Å². The van der Waals surface area contributed by atoms with Crippen molar-refractivity contribution < 1.29 is 22.7 Å². The van der Waals surface area contributed by atoms with Gasteiger partial charge in [0.1, 0.15) is 11.8 Å². The predicted molar refractivity (Wildman–Crippen MR) is 118 cm³/mol. The average molecular weight is 442 g/mol. The molecular formula is C25H25F3N2O2. The molecule has 0 spiro atoms. The summed E-state index contributed by atoms with van der Waals surface area (Å²) in [6, 6.07) is 19.6. The molecule has 0 aliphatic carbocycles. The second-order valence-electron chi connectivity index (χ2n) is 7.55. The van der Waals surface area contributed by atoms with Crippen LogP contribution in [0.2, 0.25) is 0 Å². The molecule has 0 aliphatic heterocycles. The third kappa shape index (κ3) is 5.88. The number of nitrogens with zero attached hydrogens (tertiary/aromatic N) is 1. The minimum atomic E-state index is -4.80. The molecule has 4 nitrogen and oxygen atoms in total. The molecule has 168 valence electrons. The number of rotatable bonds is 7. The van der Waals surface area contributed by atoms with E-state index < -0.39 is 12.4 Å². The smallest absolute Gasteiger partial charge is 0.406 e. The highest BCUT2D eigenvalue weighted by Crippen LogP contribution is 2.28. The summed E-state index contributed by atoms with van der Waals surface area (Å²) in [6.07, 6.45) is -4.64. The highest BCUT2D eigenvalue weighted by Gasteiger charge is 2.32. The molecule has 2 N–H and O–H groups in total. The minimum Gasteiger partial charge on any atom is -0.406 e. The van der Waals surface area contributed by atoms with E-state index in [-0.39, 0.29) is 24.6 Å². The van der Waals surface area contributed by atoms with Crippen molar-refractivity contribution in [1.29, 1.82) is 0 Å². The van der Waals surface area contributed by atoms with Crippen LogP contribution in [0.1, 0.15) is 28.3 Å². The van der Waals surface area contributed by atoms with E-state index in [0.717, 1.165) is 11.1 Å². The van der Waals surface area contributed by atoms with E-state index >= 15 is 0 Å². The van der Waals surface area contributed by atoms with E-state index in [1.54, 1.807) is 36.4 Å². The van der Waals surface area contributed by atoms with Crippen LogP contribution in [0.5, 0.6) is 5.75 Å². The van der Waals surface area contributed by atoms with Gasteiger partial charge in [0.05, 0.1) is 0 Å². The Kier molecular flexibility index (Phi) is 7.20. The number of aryl methyl sites for hydroxylation is 2. The lowest BCUT2D eigenvalue weighted by molar-refractivity contribution is -0.274. The standard InChI is InChI=1S/C25H25F3N2O2/c1-17-12-13-21(16-18(17)2)30(24(31)23(29)20-9-4-3-5-10-20)15-14-19-8-6-7-11-22(19)32-25(26,27)28/h3-13,16,23H,14-15,29H2,1-2H3. The summed E-state index contributed by atoms with van der Waals surface area (Å²) in [5.74, 6) is -0.617. The van der Waals surface area contributed by atoms with Crippen molar-refractivity contribution >= 4 is 11.6 Å². The van der Waals surface area contributed by atoms with Gasteiger partial charge in [0.15, 0.2) is 0 Å². The Hall–Kier alpha value is -3.32. The van der Waals surface area contributed by atoms with Gasteiger partial charge in [-0.1, -0.05) is 54.6 Å². The fraction of sp³-hybridized carbons (Fsp3) is 0.240. The van der Waals surface area contributed by atoms with Gasteiger partial charge in [-0.05, 0) is 60.7 Å². The molecule has 0 heterocycles. The molecular weight excluding hydrogens is 417 g/mol. The van der Waals surface area contributed by atoms with Crippen molar-refractivity contribution in [3.63, 3.8) is 0 Å². The number of carbonyl (C=O) groups excluding carboxylic acids is 1. The number of para-hydroxylation sites is 1. The molecule has 3 rings (SSSR count). The largest absolute Gasteiger partial charge is 0.573 e. The summed E-state index contributed by atoms with van der Waals surface area (Å²) in [5.41, 5.74) is 9.97. The third-order valence-corrected chi connectivity index (χ3v) is 5.30. The fourth-order valence-electron chi connectivity index (χ4n) is 3.40. The van der Waals surface area contributed by atoms with Crippen LogP contribution in [0.4, 0.5) is 18.9 Å². The number of benzene rings is 3. The van der Waals surface area contributed by atoms with Gasteiger partial charge in [-0.3, -0.25) is 4.79 Å². The summed E-state index contributed by atoms with van der Waals surface area (Å²) >= 11 is 0. The van der Waals surface area contributed by atoms with Gasteiger partial charge < -0.3 is 15.4 Å². The maximum Gasteiger partial charge on any atom is 0.573 e. The second kappa shape index (κ2) is 9.87. The fourth-order valence-corrected chi connectivity index (χ4v) is 3.40. The van der Waals surface area contributed by atoms with Crippen LogP contribution < -0.4 is 15.4 Å². The first-order valence-corrected chi connectivity index (χ1v) is 10.2. The number of hydrogen-bond acceptors (Lipinski definition) is 3. The molecule has 3 aromatic rings. The number of carbonyl (C=O) groups is 1. The Morgan fingerprint density at radius 2 is 1.62 bits per heavy atom. The van der Waals surface area contributed by atoms with Crippen LogP contribution in [0.15, 0.2) is 72.8 Å². The van der Waals surface area contributed by atoms with Gasteiger partial charge in [0.2, 0.25) is 5.91 Å². The van der Waals surface area contributed by atoms with Crippen molar-refractivity contribution in [2.75, 3.05) is 11.4 Å². The van der Waals surface area contributed by atoms with Crippen LogP contribution >= 0.6 is 0 Å². The topological polar surface area (TPSA) is 55.6 Å². The molecule has 0 radical (unpaired) electrons. The first-order valence-electron chi connectivity index (χ1n) is 10.2.